The predicted octanol–water partition coefficient (Wildman–Crippen LogP) is 3.61. The second-order valence-electron chi connectivity index (χ2n) is 5.98. The number of nitrogens with zero attached hydrogens (tertiary/aromatic N) is 2. The maximum absolute atomic E-state index is 12.2. The van der Waals surface area contributed by atoms with Crippen LogP contribution in [0.3, 0.4) is 0 Å². The molecule has 0 radical (unpaired) electrons. The Morgan fingerprint density at radius 1 is 1.00 bits per heavy atom. The van der Waals surface area contributed by atoms with Crippen LogP contribution in [0.15, 0.2) is 76.4 Å². The number of amides is 1. The van der Waals surface area contributed by atoms with Crippen molar-refractivity contribution in [3.8, 4) is 5.69 Å². The number of pyridine rings is 1. The van der Waals surface area contributed by atoms with Crippen LogP contribution in [0.1, 0.15) is 23.2 Å². The molecule has 0 saturated carbocycles. The summed E-state index contributed by atoms with van der Waals surface area (Å²) in [5.74, 6) is -0.0799. The molecule has 1 amide bonds. The van der Waals surface area contributed by atoms with Gasteiger partial charge in [0.1, 0.15) is 0 Å². The van der Waals surface area contributed by atoms with Crippen LogP contribution < -0.4 is 10.9 Å². The van der Waals surface area contributed by atoms with E-state index in [0.29, 0.717) is 18.7 Å². The quantitative estimate of drug-likeness (QED) is 0.601. The predicted molar refractivity (Wildman–Crippen MR) is 106 cm³/mol. The van der Waals surface area contributed by atoms with Gasteiger partial charge in [-0.2, -0.15) is 0 Å². The molecule has 26 heavy (non-hydrogen) atoms. The van der Waals surface area contributed by atoms with Crippen molar-refractivity contribution in [1.82, 2.24) is 14.5 Å². The molecule has 0 aliphatic carbocycles. The molecule has 0 aliphatic heterocycles. The molecule has 0 saturated heterocycles. The van der Waals surface area contributed by atoms with Crippen molar-refractivity contribution in [2.24, 2.45) is 0 Å². The highest BCUT2D eigenvalue weighted by Crippen LogP contribution is 2.10. The molecule has 0 atom stereocenters. The minimum Gasteiger partial charge on any atom is -0.352 e. The topological polar surface area (TPSA) is 56.0 Å². The average Bonchev–Trinajstić information content (AvgIpc) is 3.19. The van der Waals surface area contributed by atoms with Crippen molar-refractivity contribution in [3.05, 3.63) is 87.5 Å². The Hall–Kier alpha value is -2.60. The third kappa shape index (κ3) is 4.73. The lowest BCUT2D eigenvalue weighted by atomic mass is 10.2. The van der Waals surface area contributed by atoms with Crippen molar-refractivity contribution in [1.29, 1.82) is 0 Å². The maximum atomic E-state index is 12.2. The Morgan fingerprint density at radius 2 is 1.73 bits per heavy atom. The van der Waals surface area contributed by atoms with Crippen molar-refractivity contribution in [3.63, 3.8) is 0 Å². The first-order chi connectivity index (χ1) is 12.6. The Balaban J connectivity index is 1.44. The minimum atomic E-state index is -0.0799. The van der Waals surface area contributed by atoms with Crippen LogP contribution in [-0.2, 0) is 6.54 Å². The van der Waals surface area contributed by atoms with E-state index in [1.807, 2.05) is 53.4 Å². The van der Waals surface area contributed by atoms with Crippen LogP contribution in [0.2, 0.25) is 0 Å². The highest BCUT2D eigenvalue weighted by atomic mass is 79.9. The lowest BCUT2D eigenvalue weighted by Crippen LogP contribution is -2.25. The van der Waals surface area contributed by atoms with Crippen LogP contribution in [-0.4, -0.2) is 21.6 Å². The van der Waals surface area contributed by atoms with Gasteiger partial charge in [0.05, 0.1) is 0 Å². The number of hydrogen-bond donors (Lipinski definition) is 1. The van der Waals surface area contributed by atoms with E-state index in [0.717, 1.165) is 23.0 Å². The molecular formula is C20H20BrN3O2. The zero-order valence-corrected chi connectivity index (χ0v) is 15.9. The molecule has 6 heteroatoms. The molecule has 0 bridgehead atoms. The van der Waals surface area contributed by atoms with Crippen LogP contribution in [0, 0.1) is 0 Å². The SMILES string of the molecule is O=C(NCCCCn1cc(Br)ccc1=O)c1ccc(-n2cccc2)cc1. The third-order valence-electron chi connectivity index (χ3n) is 4.09. The van der Waals surface area contributed by atoms with E-state index < -0.39 is 0 Å². The summed E-state index contributed by atoms with van der Waals surface area (Å²) in [6.45, 7) is 1.22. The van der Waals surface area contributed by atoms with Gasteiger partial charge >= 0.3 is 0 Å². The van der Waals surface area contributed by atoms with Gasteiger partial charge < -0.3 is 14.5 Å². The average molecular weight is 414 g/mol. The van der Waals surface area contributed by atoms with Gasteiger partial charge in [-0.3, -0.25) is 9.59 Å². The largest absolute Gasteiger partial charge is 0.352 e. The smallest absolute Gasteiger partial charge is 0.251 e. The number of rotatable bonds is 7. The van der Waals surface area contributed by atoms with Gasteiger partial charge in [0.2, 0.25) is 0 Å². The second-order valence-corrected chi connectivity index (χ2v) is 6.89. The highest BCUT2D eigenvalue weighted by molar-refractivity contribution is 9.10. The molecule has 0 spiro atoms. The number of nitrogens with one attached hydrogen (secondary N) is 1. The fourth-order valence-electron chi connectivity index (χ4n) is 2.68. The van der Waals surface area contributed by atoms with E-state index in [2.05, 4.69) is 21.2 Å². The minimum absolute atomic E-state index is 0.0139. The zero-order valence-electron chi connectivity index (χ0n) is 14.3. The number of carbonyl (C=O) groups excluding carboxylic acids is 1. The van der Waals surface area contributed by atoms with Crippen LogP contribution >= 0.6 is 15.9 Å². The van der Waals surface area contributed by atoms with Gasteiger partial charge in [0, 0.05) is 53.5 Å². The van der Waals surface area contributed by atoms with Gasteiger partial charge in [-0.15, -0.1) is 0 Å². The van der Waals surface area contributed by atoms with Gasteiger partial charge in [-0.1, -0.05) is 0 Å². The molecule has 0 aliphatic rings. The van der Waals surface area contributed by atoms with E-state index in [1.54, 1.807) is 22.9 Å². The van der Waals surface area contributed by atoms with E-state index in [1.165, 1.54) is 0 Å². The van der Waals surface area contributed by atoms with Gasteiger partial charge in [0.25, 0.3) is 11.5 Å². The Morgan fingerprint density at radius 3 is 2.46 bits per heavy atom. The first-order valence-corrected chi connectivity index (χ1v) is 9.30. The fourth-order valence-corrected chi connectivity index (χ4v) is 3.06. The standard InChI is InChI=1S/C20H20BrN3O2/c21-17-7-10-19(25)24(15-17)14-2-1-11-22-20(26)16-5-8-18(9-6-16)23-12-3-4-13-23/h3-10,12-13,15H,1-2,11,14H2,(H,22,26). The summed E-state index contributed by atoms with van der Waals surface area (Å²) in [7, 11) is 0. The monoisotopic (exact) mass is 413 g/mol. The van der Waals surface area contributed by atoms with Gasteiger partial charge in [-0.25, -0.2) is 0 Å². The van der Waals surface area contributed by atoms with E-state index in [-0.39, 0.29) is 11.5 Å². The van der Waals surface area contributed by atoms with E-state index >= 15 is 0 Å². The number of carbonyl (C=O) groups is 1. The number of aryl methyl sites for hydroxylation is 1. The van der Waals surface area contributed by atoms with Gasteiger partial charge in [-0.05, 0) is 71.2 Å². The van der Waals surface area contributed by atoms with Crippen molar-refractivity contribution in [2.75, 3.05) is 6.54 Å². The summed E-state index contributed by atoms with van der Waals surface area (Å²) in [5, 5.41) is 2.92. The molecule has 5 nitrogen and oxygen atoms in total. The third-order valence-corrected chi connectivity index (χ3v) is 4.56. The normalized spacial score (nSPS) is 10.7. The summed E-state index contributed by atoms with van der Waals surface area (Å²) < 4.78 is 4.55. The molecule has 2 heterocycles. The number of aromatic nitrogens is 2. The van der Waals surface area contributed by atoms with E-state index in [4.69, 9.17) is 0 Å². The van der Waals surface area contributed by atoms with Gasteiger partial charge in [0.15, 0.2) is 0 Å². The Bertz CT molecular complexity index is 915. The summed E-state index contributed by atoms with van der Waals surface area (Å²) >= 11 is 3.36. The molecule has 134 valence electrons. The fraction of sp³-hybridized carbons (Fsp3) is 0.200. The Kier molecular flexibility index (Phi) is 6.07. The first kappa shape index (κ1) is 18.2. The molecule has 2 aromatic heterocycles. The summed E-state index contributed by atoms with van der Waals surface area (Å²) in [6, 6.07) is 14.7. The summed E-state index contributed by atoms with van der Waals surface area (Å²) in [5.41, 5.74) is 1.65. The highest BCUT2D eigenvalue weighted by Gasteiger charge is 2.05. The maximum Gasteiger partial charge on any atom is 0.251 e. The van der Waals surface area contributed by atoms with Crippen LogP contribution in [0.4, 0.5) is 0 Å². The second kappa shape index (κ2) is 8.67. The van der Waals surface area contributed by atoms with Crippen LogP contribution in [0.25, 0.3) is 5.69 Å². The molecule has 3 aromatic rings. The number of halogens is 1. The molecular weight excluding hydrogens is 394 g/mol. The summed E-state index contributed by atoms with van der Waals surface area (Å²) in [6.07, 6.45) is 7.35. The number of hydrogen-bond acceptors (Lipinski definition) is 2. The number of benzene rings is 1. The molecule has 1 aromatic carbocycles. The van der Waals surface area contributed by atoms with Crippen molar-refractivity contribution in [2.45, 2.75) is 19.4 Å². The zero-order chi connectivity index (χ0) is 18.4. The van der Waals surface area contributed by atoms with Crippen molar-refractivity contribution < 1.29 is 4.79 Å². The van der Waals surface area contributed by atoms with Crippen molar-refractivity contribution >= 4 is 21.8 Å². The van der Waals surface area contributed by atoms with E-state index in [9.17, 15) is 9.59 Å². The first-order valence-electron chi connectivity index (χ1n) is 8.51. The van der Waals surface area contributed by atoms with Crippen LogP contribution in [0.5, 0.6) is 0 Å². The lowest BCUT2D eigenvalue weighted by Gasteiger charge is -2.08. The summed E-state index contributed by atoms with van der Waals surface area (Å²) in [4.78, 5) is 23.9. The molecule has 3 rings (SSSR count). The Labute approximate surface area is 160 Å². The molecule has 1 N–H and O–H groups in total. The molecule has 0 unspecified atom stereocenters. The molecule has 0 fully saturated rings. The lowest BCUT2D eigenvalue weighted by molar-refractivity contribution is 0.0953. The number of unbranched alkanes of at least 4 members (excludes halogenated alkanes) is 1.